The molecule has 0 bridgehead atoms. The van der Waals surface area contributed by atoms with Gasteiger partial charge in [0.1, 0.15) is 5.82 Å². The van der Waals surface area contributed by atoms with E-state index >= 15 is 0 Å². The second-order valence-electron chi connectivity index (χ2n) is 8.44. The van der Waals surface area contributed by atoms with Crippen LogP contribution in [0.2, 0.25) is 5.02 Å². The van der Waals surface area contributed by atoms with E-state index in [2.05, 4.69) is 21.8 Å². The first-order chi connectivity index (χ1) is 15.4. The Bertz CT molecular complexity index is 1080. The highest BCUT2D eigenvalue weighted by atomic mass is 35.5. The maximum atomic E-state index is 13.3. The first-order valence-corrected chi connectivity index (χ1v) is 11.3. The van der Waals surface area contributed by atoms with Crippen molar-refractivity contribution < 1.29 is 4.79 Å². The number of carbonyl (C=O) groups excluding carboxylic acids is 1. The van der Waals surface area contributed by atoms with E-state index in [0.717, 1.165) is 52.7 Å². The number of piperidine rings is 1. The number of benzene rings is 1. The standard InChI is InChI=1S/C24H29ClN6O/c1-17-21(18(2)31(28-17)15-19-7-4-5-9-22(19)25)16-29(3)24(32)20-8-6-12-30(14-20)23-13-26-10-11-27-23/h4-5,7,9-11,13,20H,6,8,12,14-16H2,1-3H3/t20-/m0/s1. The molecule has 0 N–H and O–H groups in total. The van der Waals surface area contributed by atoms with Gasteiger partial charge < -0.3 is 9.80 Å². The fourth-order valence-corrected chi connectivity index (χ4v) is 4.57. The van der Waals surface area contributed by atoms with Gasteiger partial charge in [0.25, 0.3) is 0 Å². The molecule has 1 fully saturated rings. The van der Waals surface area contributed by atoms with Crippen molar-refractivity contribution in [3.05, 3.63) is 70.4 Å². The first-order valence-electron chi connectivity index (χ1n) is 11.0. The zero-order valence-electron chi connectivity index (χ0n) is 18.8. The normalized spacial score (nSPS) is 16.2. The molecule has 1 atom stereocenters. The number of amides is 1. The molecule has 1 aliphatic rings. The summed E-state index contributed by atoms with van der Waals surface area (Å²) in [7, 11) is 1.88. The lowest BCUT2D eigenvalue weighted by molar-refractivity contribution is -0.135. The summed E-state index contributed by atoms with van der Waals surface area (Å²) in [6.45, 7) is 6.78. The van der Waals surface area contributed by atoms with Crippen LogP contribution in [0.3, 0.4) is 0 Å². The van der Waals surface area contributed by atoms with Gasteiger partial charge in [0.05, 0.1) is 24.4 Å². The average molecular weight is 453 g/mol. The highest BCUT2D eigenvalue weighted by molar-refractivity contribution is 6.31. The van der Waals surface area contributed by atoms with Gasteiger partial charge in [-0.2, -0.15) is 5.10 Å². The Morgan fingerprint density at radius 2 is 2.06 bits per heavy atom. The Morgan fingerprint density at radius 3 is 2.81 bits per heavy atom. The number of anilines is 1. The molecule has 1 amide bonds. The lowest BCUT2D eigenvalue weighted by Crippen LogP contribution is -2.43. The molecule has 1 saturated heterocycles. The van der Waals surface area contributed by atoms with E-state index in [4.69, 9.17) is 16.7 Å². The van der Waals surface area contributed by atoms with Gasteiger partial charge in [0.15, 0.2) is 0 Å². The number of hydrogen-bond donors (Lipinski definition) is 0. The topological polar surface area (TPSA) is 67.2 Å². The Kier molecular flexibility index (Phi) is 6.74. The molecule has 0 spiro atoms. The molecule has 1 aliphatic heterocycles. The van der Waals surface area contributed by atoms with Crippen LogP contribution in [0.4, 0.5) is 5.82 Å². The number of halogens is 1. The summed E-state index contributed by atoms with van der Waals surface area (Å²) >= 11 is 6.33. The van der Waals surface area contributed by atoms with Gasteiger partial charge in [-0.3, -0.25) is 14.5 Å². The van der Waals surface area contributed by atoms with Crippen LogP contribution in [0.25, 0.3) is 0 Å². The molecule has 2 aromatic heterocycles. The van der Waals surface area contributed by atoms with Crippen LogP contribution in [0.15, 0.2) is 42.9 Å². The molecule has 0 radical (unpaired) electrons. The maximum Gasteiger partial charge on any atom is 0.227 e. The summed E-state index contributed by atoms with van der Waals surface area (Å²) in [5.41, 5.74) is 4.13. The second-order valence-corrected chi connectivity index (χ2v) is 8.85. The molecule has 32 heavy (non-hydrogen) atoms. The molecule has 7 nitrogen and oxygen atoms in total. The van der Waals surface area contributed by atoms with Gasteiger partial charge in [-0.25, -0.2) is 4.98 Å². The summed E-state index contributed by atoms with van der Waals surface area (Å²) in [5.74, 6) is 0.950. The summed E-state index contributed by atoms with van der Waals surface area (Å²) in [6.07, 6.45) is 6.98. The minimum atomic E-state index is -0.0467. The zero-order valence-corrected chi connectivity index (χ0v) is 19.6. The SMILES string of the molecule is Cc1nn(Cc2ccccc2Cl)c(C)c1CN(C)C(=O)[C@H]1CCCN(c2cnccn2)C1. The number of rotatable bonds is 6. The van der Waals surface area contributed by atoms with Crippen molar-refractivity contribution in [2.75, 3.05) is 25.0 Å². The minimum Gasteiger partial charge on any atom is -0.355 e. The number of aryl methyl sites for hydroxylation is 1. The van der Waals surface area contributed by atoms with Crippen molar-refractivity contribution in [2.45, 2.75) is 39.8 Å². The van der Waals surface area contributed by atoms with E-state index in [1.165, 1.54) is 0 Å². The molecule has 4 rings (SSSR count). The van der Waals surface area contributed by atoms with E-state index in [-0.39, 0.29) is 11.8 Å². The predicted octanol–water partition coefficient (Wildman–Crippen LogP) is 3.87. The molecule has 0 unspecified atom stereocenters. The van der Waals surface area contributed by atoms with Gasteiger partial charge in [0, 0.05) is 55.4 Å². The summed E-state index contributed by atoms with van der Waals surface area (Å²) in [4.78, 5) is 25.8. The van der Waals surface area contributed by atoms with Crippen molar-refractivity contribution in [1.29, 1.82) is 0 Å². The van der Waals surface area contributed by atoms with E-state index < -0.39 is 0 Å². The first kappa shape index (κ1) is 22.3. The Labute approximate surface area is 194 Å². The number of aromatic nitrogens is 4. The molecule has 8 heteroatoms. The van der Waals surface area contributed by atoms with Crippen LogP contribution < -0.4 is 4.90 Å². The summed E-state index contributed by atoms with van der Waals surface area (Å²) < 4.78 is 1.97. The average Bonchev–Trinajstić information content (AvgIpc) is 3.08. The molecule has 1 aromatic carbocycles. The lowest BCUT2D eigenvalue weighted by Gasteiger charge is -2.34. The van der Waals surface area contributed by atoms with Crippen LogP contribution in [0.1, 0.15) is 35.4 Å². The van der Waals surface area contributed by atoms with Crippen LogP contribution >= 0.6 is 11.6 Å². The number of carbonyl (C=O) groups is 1. The monoisotopic (exact) mass is 452 g/mol. The van der Waals surface area contributed by atoms with Crippen molar-refractivity contribution >= 4 is 23.3 Å². The largest absolute Gasteiger partial charge is 0.355 e. The van der Waals surface area contributed by atoms with Crippen LogP contribution in [-0.4, -0.2) is 50.7 Å². The molecule has 3 heterocycles. The molecular weight excluding hydrogens is 424 g/mol. The van der Waals surface area contributed by atoms with Crippen LogP contribution in [0.5, 0.6) is 0 Å². The minimum absolute atomic E-state index is 0.0467. The maximum absolute atomic E-state index is 13.3. The Balaban J connectivity index is 1.44. The molecule has 3 aromatic rings. The summed E-state index contributed by atoms with van der Waals surface area (Å²) in [6, 6.07) is 7.81. The van der Waals surface area contributed by atoms with Gasteiger partial charge in [-0.15, -0.1) is 0 Å². The summed E-state index contributed by atoms with van der Waals surface area (Å²) in [5, 5.41) is 5.45. The van der Waals surface area contributed by atoms with Gasteiger partial charge in [-0.05, 0) is 38.3 Å². The third-order valence-electron chi connectivity index (χ3n) is 6.22. The van der Waals surface area contributed by atoms with E-state index in [0.29, 0.717) is 19.6 Å². The third-order valence-corrected chi connectivity index (χ3v) is 6.59. The van der Waals surface area contributed by atoms with Crippen LogP contribution in [-0.2, 0) is 17.9 Å². The van der Waals surface area contributed by atoms with Crippen molar-refractivity contribution in [2.24, 2.45) is 5.92 Å². The zero-order chi connectivity index (χ0) is 22.7. The van der Waals surface area contributed by atoms with Gasteiger partial charge >= 0.3 is 0 Å². The van der Waals surface area contributed by atoms with Crippen LogP contribution in [0, 0.1) is 19.8 Å². The highest BCUT2D eigenvalue weighted by Gasteiger charge is 2.29. The third kappa shape index (κ3) is 4.78. The molecule has 0 aliphatic carbocycles. The molecular formula is C24H29ClN6O. The van der Waals surface area contributed by atoms with Crippen molar-refractivity contribution in [3.8, 4) is 0 Å². The Hall–Kier alpha value is -2.93. The second kappa shape index (κ2) is 9.69. The molecule has 168 valence electrons. The highest BCUT2D eigenvalue weighted by Crippen LogP contribution is 2.24. The fourth-order valence-electron chi connectivity index (χ4n) is 4.37. The fraction of sp³-hybridized carbons (Fsp3) is 0.417. The number of hydrogen-bond acceptors (Lipinski definition) is 5. The van der Waals surface area contributed by atoms with E-state index in [9.17, 15) is 4.79 Å². The van der Waals surface area contributed by atoms with Crippen molar-refractivity contribution in [1.82, 2.24) is 24.6 Å². The van der Waals surface area contributed by atoms with E-state index in [1.807, 2.05) is 47.8 Å². The molecule has 0 saturated carbocycles. The van der Waals surface area contributed by atoms with Gasteiger partial charge in [0.2, 0.25) is 5.91 Å². The quantitative estimate of drug-likeness (QED) is 0.568. The lowest BCUT2D eigenvalue weighted by atomic mass is 9.96. The number of nitrogens with zero attached hydrogens (tertiary/aromatic N) is 6. The van der Waals surface area contributed by atoms with Crippen molar-refractivity contribution in [3.63, 3.8) is 0 Å². The smallest absolute Gasteiger partial charge is 0.227 e. The van der Waals surface area contributed by atoms with E-state index in [1.54, 1.807) is 18.6 Å². The predicted molar refractivity (Wildman–Crippen MR) is 126 cm³/mol. The van der Waals surface area contributed by atoms with Gasteiger partial charge in [-0.1, -0.05) is 29.8 Å². The Morgan fingerprint density at radius 1 is 1.25 bits per heavy atom.